The van der Waals surface area contributed by atoms with Gasteiger partial charge in [-0.3, -0.25) is 0 Å². The molecule has 6 nitrogen and oxygen atoms in total. The van der Waals surface area contributed by atoms with Gasteiger partial charge in [-0.1, -0.05) is 11.6 Å². The molecule has 3 heterocycles. The molecule has 3 aromatic rings. The van der Waals surface area contributed by atoms with Crippen LogP contribution in [0, 0.1) is 5.82 Å². The Kier molecular flexibility index (Phi) is 5.08. The van der Waals surface area contributed by atoms with Crippen LogP contribution in [0.25, 0.3) is 11.6 Å². The van der Waals surface area contributed by atoms with Gasteiger partial charge >= 0.3 is 0 Å². The minimum Gasteiger partial charge on any atom is -0.380 e. The number of nitrogens with zero attached hydrogens (tertiary/aromatic N) is 5. The van der Waals surface area contributed by atoms with Crippen molar-refractivity contribution in [3.63, 3.8) is 0 Å². The highest BCUT2D eigenvalue weighted by Gasteiger charge is 2.41. The molecule has 1 aliphatic heterocycles. The zero-order valence-corrected chi connectivity index (χ0v) is 17.3. The van der Waals surface area contributed by atoms with Gasteiger partial charge in [-0.2, -0.15) is 0 Å². The number of methoxy groups -OCH3 is 1. The molecule has 2 aromatic heterocycles. The second-order valence-corrected chi connectivity index (χ2v) is 8.20. The molecule has 1 saturated carbocycles. The molecule has 0 bridgehead atoms. The highest BCUT2D eigenvalue weighted by Crippen LogP contribution is 2.55. The summed E-state index contributed by atoms with van der Waals surface area (Å²) in [6, 6.07) is 5.45. The quantitative estimate of drug-likeness (QED) is 0.609. The highest BCUT2D eigenvalue weighted by molar-refractivity contribution is 6.31. The number of halogens is 2. The lowest BCUT2D eigenvalue weighted by molar-refractivity contribution is 0.121. The predicted molar refractivity (Wildman–Crippen MR) is 112 cm³/mol. The van der Waals surface area contributed by atoms with Gasteiger partial charge in [0.25, 0.3) is 0 Å². The fraction of sp³-hybridized carbons (Fsp3) is 0.364. The molecule has 0 spiro atoms. The summed E-state index contributed by atoms with van der Waals surface area (Å²) in [7, 11) is 1.69. The van der Waals surface area contributed by atoms with Crippen LogP contribution >= 0.6 is 11.6 Å². The van der Waals surface area contributed by atoms with E-state index >= 15 is 0 Å². The summed E-state index contributed by atoms with van der Waals surface area (Å²) in [5.74, 6) is 1.24. The van der Waals surface area contributed by atoms with Crippen molar-refractivity contribution in [2.45, 2.75) is 30.8 Å². The molecule has 2 fully saturated rings. The Balaban J connectivity index is 1.35. The van der Waals surface area contributed by atoms with Crippen molar-refractivity contribution in [1.82, 2.24) is 19.9 Å². The van der Waals surface area contributed by atoms with Gasteiger partial charge in [-0.25, -0.2) is 24.3 Å². The van der Waals surface area contributed by atoms with E-state index in [4.69, 9.17) is 16.3 Å². The Morgan fingerprint density at radius 1 is 1.03 bits per heavy atom. The van der Waals surface area contributed by atoms with E-state index in [0.29, 0.717) is 29.8 Å². The zero-order chi connectivity index (χ0) is 20.7. The number of ether oxygens (including phenoxy) is 1. The number of aromatic nitrogens is 4. The van der Waals surface area contributed by atoms with Crippen LogP contribution in [-0.2, 0) is 4.74 Å². The van der Waals surface area contributed by atoms with Gasteiger partial charge in [0.15, 0.2) is 17.5 Å². The predicted octanol–water partition coefficient (Wildman–Crippen LogP) is 4.22. The van der Waals surface area contributed by atoms with Gasteiger partial charge in [0, 0.05) is 45.0 Å². The first-order valence-electron chi connectivity index (χ1n) is 10.00. The van der Waals surface area contributed by atoms with E-state index in [1.54, 1.807) is 31.6 Å². The minimum absolute atomic E-state index is 0.129. The minimum atomic E-state index is -0.357. The number of anilines is 1. The first-order chi connectivity index (χ1) is 14.6. The Morgan fingerprint density at radius 2 is 1.73 bits per heavy atom. The van der Waals surface area contributed by atoms with Crippen molar-refractivity contribution in [3.05, 3.63) is 65.0 Å². The van der Waals surface area contributed by atoms with Gasteiger partial charge in [-0.15, -0.1) is 0 Å². The first kappa shape index (κ1) is 19.3. The van der Waals surface area contributed by atoms with Gasteiger partial charge in [-0.05, 0) is 54.0 Å². The Hall–Kier alpha value is -2.64. The molecule has 0 radical (unpaired) electrons. The zero-order valence-electron chi connectivity index (χ0n) is 16.5. The maximum atomic E-state index is 14.7. The molecule has 1 saturated heterocycles. The molecule has 0 amide bonds. The van der Waals surface area contributed by atoms with Crippen LogP contribution < -0.4 is 4.90 Å². The summed E-state index contributed by atoms with van der Waals surface area (Å²) >= 11 is 6.25. The second-order valence-electron chi connectivity index (χ2n) is 7.79. The third-order valence-corrected chi connectivity index (χ3v) is 6.21. The van der Waals surface area contributed by atoms with E-state index < -0.39 is 0 Å². The molecule has 0 N–H and O–H groups in total. The smallest absolute Gasteiger partial charge is 0.197 e. The number of rotatable bonds is 5. The standard InChI is InChI=1S/C22H21ClFN5O/c1-30-15-3-6-29(12-15)19-8-13(7-18(23)20(19)24)16-9-17(16)14-10-27-22(28-11-14)21-25-4-2-5-26-21/h2,4-5,7-8,10-11,15-17H,3,6,9,12H2,1H3/t15-,16-,17+/m1/s1. The molecule has 0 unspecified atom stereocenters. The van der Waals surface area contributed by atoms with Gasteiger partial charge in [0.05, 0.1) is 16.8 Å². The Morgan fingerprint density at radius 3 is 2.43 bits per heavy atom. The molecule has 154 valence electrons. The average Bonchev–Trinajstić information content (AvgIpc) is 3.45. The van der Waals surface area contributed by atoms with Crippen LogP contribution in [0.5, 0.6) is 0 Å². The van der Waals surface area contributed by atoms with Crippen molar-refractivity contribution in [3.8, 4) is 11.6 Å². The van der Waals surface area contributed by atoms with Crippen LogP contribution in [-0.4, -0.2) is 46.2 Å². The second kappa shape index (κ2) is 7.89. The number of hydrogen-bond acceptors (Lipinski definition) is 6. The van der Waals surface area contributed by atoms with Crippen molar-refractivity contribution < 1.29 is 9.13 Å². The molecule has 1 aliphatic carbocycles. The monoisotopic (exact) mass is 425 g/mol. The third kappa shape index (κ3) is 3.63. The molecular formula is C22H21ClFN5O. The molecular weight excluding hydrogens is 405 g/mol. The summed E-state index contributed by atoms with van der Waals surface area (Å²) in [6.45, 7) is 1.44. The first-order valence-corrected chi connectivity index (χ1v) is 10.4. The molecule has 8 heteroatoms. The fourth-order valence-electron chi connectivity index (χ4n) is 4.17. The molecule has 30 heavy (non-hydrogen) atoms. The van der Waals surface area contributed by atoms with Crippen LogP contribution in [0.15, 0.2) is 43.0 Å². The number of benzene rings is 1. The third-order valence-electron chi connectivity index (χ3n) is 5.93. The van der Waals surface area contributed by atoms with Crippen molar-refractivity contribution in [2.24, 2.45) is 0 Å². The van der Waals surface area contributed by atoms with Gasteiger partial charge in [0.1, 0.15) is 0 Å². The van der Waals surface area contributed by atoms with Gasteiger partial charge in [0.2, 0.25) is 0 Å². The summed E-state index contributed by atoms with van der Waals surface area (Å²) in [4.78, 5) is 19.2. The number of hydrogen-bond donors (Lipinski definition) is 0. The Bertz CT molecular complexity index is 1050. The average molecular weight is 426 g/mol. The summed E-state index contributed by atoms with van der Waals surface area (Å²) in [5, 5.41) is 0.168. The summed E-state index contributed by atoms with van der Waals surface area (Å²) in [5.41, 5.74) is 2.68. The van der Waals surface area contributed by atoms with Crippen molar-refractivity contribution in [2.75, 3.05) is 25.1 Å². The largest absolute Gasteiger partial charge is 0.380 e. The van der Waals surface area contributed by atoms with Crippen LogP contribution in [0.1, 0.15) is 35.8 Å². The lowest BCUT2D eigenvalue weighted by Crippen LogP contribution is -2.23. The van der Waals surface area contributed by atoms with Gasteiger partial charge < -0.3 is 9.64 Å². The summed E-state index contributed by atoms with van der Waals surface area (Å²) in [6.07, 6.45) is 8.98. The fourth-order valence-corrected chi connectivity index (χ4v) is 4.39. The van der Waals surface area contributed by atoms with E-state index in [0.717, 1.165) is 30.5 Å². The van der Waals surface area contributed by atoms with Crippen molar-refractivity contribution in [1.29, 1.82) is 0 Å². The SMILES string of the molecule is CO[C@@H]1CCN(c2cc([C@H]3C[C@H]3c3cnc(-c4ncccn4)nc3)cc(Cl)c2F)C1. The lowest BCUT2D eigenvalue weighted by atomic mass is 10.1. The molecule has 5 rings (SSSR count). The van der Waals surface area contributed by atoms with E-state index in [-0.39, 0.29) is 22.9 Å². The lowest BCUT2D eigenvalue weighted by Gasteiger charge is -2.21. The van der Waals surface area contributed by atoms with Crippen LogP contribution in [0.4, 0.5) is 10.1 Å². The summed E-state index contributed by atoms with van der Waals surface area (Å²) < 4.78 is 20.1. The highest BCUT2D eigenvalue weighted by atomic mass is 35.5. The maximum absolute atomic E-state index is 14.7. The van der Waals surface area contributed by atoms with E-state index in [9.17, 15) is 4.39 Å². The van der Waals surface area contributed by atoms with Crippen molar-refractivity contribution >= 4 is 17.3 Å². The Labute approximate surface area is 179 Å². The van der Waals surface area contributed by atoms with E-state index in [1.165, 1.54) is 0 Å². The maximum Gasteiger partial charge on any atom is 0.197 e. The molecule has 3 atom stereocenters. The van der Waals surface area contributed by atoms with E-state index in [1.807, 2.05) is 23.4 Å². The van der Waals surface area contributed by atoms with Crippen LogP contribution in [0.3, 0.4) is 0 Å². The molecule has 2 aliphatic rings. The molecule has 1 aromatic carbocycles. The van der Waals surface area contributed by atoms with E-state index in [2.05, 4.69) is 19.9 Å². The van der Waals surface area contributed by atoms with Crippen LogP contribution in [0.2, 0.25) is 5.02 Å². The normalized spacial score (nSPS) is 23.0. The topological polar surface area (TPSA) is 64.0 Å².